The number of halogens is 3. The summed E-state index contributed by atoms with van der Waals surface area (Å²) >= 11 is 16.0. The number of benzene rings is 3. The van der Waals surface area contributed by atoms with Crippen LogP contribution in [-0.4, -0.2) is 18.2 Å². The van der Waals surface area contributed by atoms with Crippen molar-refractivity contribution in [2.75, 3.05) is 12.4 Å². The molecule has 162 valence electrons. The number of hydrogen-bond donors (Lipinski definition) is 2. The van der Waals surface area contributed by atoms with Gasteiger partial charge >= 0.3 is 5.97 Å². The minimum absolute atomic E-state index is 0.187. The summed E-state index contributed by atoms with van der Waals surface area (Å²) in [7, 11) is 1.56. The lowest BCUT2D eigenvalue weighted by Crippen LogP contribution is -2.06. The molecule has 0 spiro atoms. The first-order valence-electron chi connectivity index (χ1n) is 9.30. The first-order valence-corrected chi connectivity index (χ1v) is 10.9. The lowest BCUT2D eigenvalue weighted by molar-refractivity contribution is 0.0696. The maximum atomic E-state index is 11.3. The van der Waals surface area contributed by atoms with E-state index in [1.54, 1.807) is 44.4 Å². The molecule has 5 nitrogen and oxygen atoms in total. The molecule has 0 bridgehead atoms. The standard InChI is InChI=1S/C23H20BrCl2NO4/c1-13-15(23(28)29)5-3-8-20(13)27-11-14-9-17(24)22(21(10-14)30-2)31-12-16-18(25)6-4-7-19(16)26/h3-10,27H,11-12H2,1-2H3,(H,28,29). The fraction of sp³-hybridized carbons (Fsp3) is 0.174. The van der Waals surface area contributed by atoms with E-state index in [0.29, 0.717) is 43.7 Å². The summed E-state index contributed by atoms with van der Waals surface area (Å²) < 4.78 is 12.2. The second-order valence-corrected chi connectivity index (χ2v) is 8.40. The lowest BCUT2D eigenvalue weighted by atomic mass is 10.1. The Hall–Kier alpha value is -2.41. The van der Waals surface area contributed by atoms with E-state index >= 15 is 0 Å². The summed E-state index contributed by atoms with van der Waals surface area (Å²) in [6.07, 6.45) is 0. The third kappa shape index (κ3) is 5.45. The van der Waals surface area contributed by atoms with Crippen molar-refractivity contribution < 1.29 is 19.4 Å². The minimum Gasteiger partial charge on any atom is -0.493 e. The molecular weight excluding hydrogens is 505 g/mol. The van der Waals surface area contributed by atoms with Gasteiger partial charge < -0.3 is 19.9 Å². The molecule has 0 saturated carbocycles. The maximum Gasteiger partial charge on any atom is 0.336 e. The second-order valence-electron chi connectivity index (χ2n) is 6.73. The zero-order valence-electron chi connectivity index (χ0n) is 16.8. The van der Waals surface area contributed by atoms with Gasteiger partial charge in [0.2, 0.25) is 0 Å². The summed E-state index contributed by atoms with van der Waals surface area (Å²) in [5.74, 6) is 0.127. The van der Waals surface area contributed by atoms with Gasteiger partial charge in [-0.05, 0) is 70.4 Å². The Morgan fingerprint density at radius 1 is 1.13 bits per heavy atom. The number of rotatable bonds is 8. The molecule has 3 rings (SSSR count). The number of carboxylic acids is 1. The summed E-state index contributed by atoms with van der Waals surface area (Å²) in [6.45, 7) is 2.43. The van der Waals surface area contributed by atoms with Gasteiger partial charge in [0.1, 0.15) is 6.61 Å². The van der Waals surface area contributed by atoms with Crippen molar-refractivity contribution in [1.29, 1.82) is 0 Å². The quantitative estimate of drug-likeness (QED) is 0.333. The number of carbonyl (C=O) groups is 1. The average Bonchev–Trinajstić information content (AvgIpc) is 2.73. The SMILES string of the molecule is COc1cc(CNc2cccc(C(=O)O)c2C)cc(Br)c1OCc1c(Cl)cccc1Cl. The summed E-state index contributed by atoms with van der Waals surface area (Å²) in [6, 6.07) is 14.2. The molecule has 0 unspecified atom stereocenters. The maximum absolute atomic E-state index is 11.3. The van der Waals surface area contributed by atoms with Crippen LogP contribution in [0.5, 0.6) is 11.5 Å². The summed E-state index contributed by atoms with van der Waals surface area (Å²) in [5.41, 5.74) is 3.32. The Bertz CT molecular complexity index is 1100. The third-order valence-electron chi connectivity index (χ3n) is 4.76. The largest absolute Gasteiger partial charge is 0.493 e. The zero-order valence-corrected chi connectivity index (χ0v) is 19.9. The van der Waals surface area contributed by atoms with Gasteiger partial charge in [-0.1, -0.05) is 35.3 Å². The van der Waals surface area contributed by atoms with E-state index in [1.165, 1.54) is 0 Å². The first kappa shape index (κ1) is 23.3. The smallest absolute Gasteiger partial charge is 0.336 e. The fourth-order valence-electron chi connectivity index (χ4n) is 3.09. The molecule has 0 aliphatic heterocycles. The molecule has 0 saturated heterocycles. The van der Waals surface area contributed by atoms with Crippen LogP contribution in [-0.2, 0) is 13.2 Å². The zero-order chi connectivity index (χ0) is 22.5. The lowest BCUT2D eigenvalue weighted by Gasteiger charge is -2.16. The molecular formula is C23H20BrCl2NO4. The van der Waals surface area contributed by atoms with E-state index in [4.69, 9.17) is 32.7 Å². The van der Waals surface area contributed by atoms with Crippen LogP contribution in [0, 0.1) is 6.92 Å². The van der Waals surface area contributed by atoms with Crippen molar-refractivity contribution >= 4 is 50.8 Å². The fourth-order valence-corrected chi connectivity index (χ4v) is 4.20. The van der Waals surface area contributed by atoms with Gasteiger partial charge in [-0.15, -0.1) is 0 Å². The first-order chi connectivity index (χ1) is 14.8. The van der Waals surface area contributed by atoms with Crippen LogP contribution in [0.4, 0.5) is 5.69 Å². The Morgan fingerprint density at radius 3 is 2.45 bits per heavy atom. The molecule has 31 heavy (non-hydrogen) atoms. The molecule has 0 aromatic heterocycles. The molecule has 0 heterocycles. The Morgan fingerprint density at radius 2 is 1.81 bits per heavy atom. The molecule has 0 aliphatic carbocycles. The number of hydrogen-bond acceptors (Lipinski definition) is 4. The molecule has 0 aliphatic rings. The van der Waals surface area contributed by atoms with Gasteiger partial charge in [0.05, 0.1) is 17.1 Å². The van der Waals surface area contributed by atoms with Crippen molar-refractivity contribution in [2.24, 2.45) is 0 Å². The van der Waals surface area contributed by atoms with Crippen LogP contribution in [0.25, 0.3) is 0 Å². The van der Waals surface area contributed by atoms with Crippen molar-refractivity contribution in [3.8, 4) is 11.5 Å². The molecule has 0 fully saturated rings. The number of nitrogens with one attached hydrogen (secondary N) is 1. The van der Waals surface area contributed by atoms with E-state index in [9.17, 15) is 9.90 Å². The topological polar surface area (TPSA) is 67.8 Å². The molecule has 3 aromatic rings. The van der Waals surface area contributed by atoms with Crippen LogP contribution >= 0.6 is 39.1 Å². The van der Waals surface area contributed by atoms with Crippen LogP contribution in [0.2, 0.25) is 10.0 Å². The van der Waals surface area contributed by atoms with Crippen molar-refractivity contribution in [1.82, 2.24) is 0 Å². The summed E-state index contributed by atoms with van der Waals surface area (Å²) in [4.78, 5) is 11.3. The van der Waals surface area contributed by atoms with E-state index in [1.807, 2.05) is 18.2 Å². The normalized spacial score (nSPS) is 10.6. The predicted octanol–water partition coefficient (Wildman–Crippen LogP) is 6.96. The van der Waals surface area contributed by atoms with Crippen LogP contribution in [0.3, 0.4) is 0 Å². The Labute approximate surface area is 199 Å². The van der Waals surface area contributed by atoms with Gasteiger partial charge in [0.15, 0.2) is 11.5 Å². The predicted molar refractivity (Wildman–Crippen MR) is 127 cm³/mol. The van der Waals surface area contributed by atoms with Gasteiger partial charge in [-0.3, -0.25) is 0 Å². The van der Waals surface area contributed by atoms with Crippen molar-refractivity contribution in [3.63, 3.8) is 0 Å². The highest BCUT2D eigenvalue weighted by molar-refractivity contribution is 9.10. The van der Waals surface area contributed by atoms with Crippen LogP contribution in [0.1, 0.15) is 27.0 Å². The van der Waals surface area contributed by atoms with Crippen LogP contribution < -0.4 is 14.8 Å². The number of methoxy groups -OCH3 is 1. The molecule has 0 atom stereocenters. The molecule has 0 amide bonds. The monoisotopic (exact) mass is 523 g/mol. The highest BCUT2D eigenvalue weighted by atomic mass is 79.9. The molecule has 8 heteroatoms. The van der Waals surface area contributed by atoms with Crippen molar-refractivity contribution in [2.45, 2.75) is 20.1 Å². The number of carboxylic acid groups (broad SMARTS) is 1. The molecule has 2 N–H and O–H groups in total. The highest BCUT2D eigenvalue weighted by Crippen LogP contribution is 2.38. The van der Waals surface area contributed by atoms with Gasteiger partial charge in [-0.2, -0.15) is 0 Å². The number of anilines is 1. The van der Waals surface area contributed by atoms with Gasteiger partial charge in [0.25, 0.3) is 0 Å². The van der Waals surface area contributed by atoms with Crippen molar-refractivity contribution in [3.05, 3.63) is 85.3 Å². The summed E-state index contributed by atoms with van der Waals surface area (Å²) in [5, 5.41) is 13.6. The number of aromatic carboxylic acids is 1. The van der Waals surface area contributed by atoms with E-state index < -0.39 is 5.97 Å². The second kappa shape index (κ2) is 10.3. The van der Waals surface area contributed by atoms with Crippen LogP contribution in [0.15, 0.2) is 53.0 Å². The van der Waals surface area contributed by atoms with E-state index in [0.717, 1.165) is 11.3 Å². The van der Waals surface area contributed by atoms with Gasteiger partial charge in [0, 0.05) is 27.8 Å². The Balaban J connectivity index is 1.78. The number of ether oxygens (including phenoxy) is 2. The third-order valence-corrected chi connectivity index (χ3v) is 6.06. The van der Waals surface area contributed by atoms with Gasteiger partial charge in [-0.25, -0.2) is 4.79 Å². The van der Waals surface area contributed by atoms with E-state index in [2.05, 4.69) is 21.2 Å². The Kier molecular flexibility index (Phi) is 7.70. The average molecular weight is 525 g/mol. The molecule has 3 aromatic carbocycles. The van der Waals surface area contributed by atoms with E-state index in [-0.39, 0.29) is 12.2 Å². The highest BCUT2D eigenvalue weighted by Gasteiger charge is 2.15. The molecule has 0 radical (unpaired) electrons. The minimum atomic E-state index is -0.953.